The number of esters is 1. The summed E-state index contributed by atoms with van der Waals surface area (Å²) in [4.78, 5) is 11.8. The SMILES string of the molecule is CCCC(C)(C(=O)OC(C(F)(F)F)C(F)(F)F)C1CC1. The van der Waals surface area contributed by atoms with Crippen molar-refractivity contribution in [3.63, 3.8) is 0 Å². The van der Waals surface area contributed by atoms with Crippen LogP contribution in [0.5, 0.6) is 0 Å². The van der Waals surface area contributed by atoms with Crippen LogP contribution >= 0.6 is 0 Å². The Hall–Kier alpha value is -0.950. The summed E-state index contributed by atoms with van der Waals surface area (Å²) in [6.45, 7) is 3.08. The molecule has 2 nitrogen and oxygen atoms in total. The maximum Gasteiger partial charge on any atom is 0.434 e. The van der Waals surface area contributed by atoms with Gasteiger partial charge in [0.15, 0.2) is 0 Å². The van der Waals surface area contributed by atoms with Gasteiger partial charge in [-0.25, -0.2) is 0 Å². The van der Waals surface area contributed by atoms with Crippen molar-refractivity contribution in [3.05, 3.63) is 0 Å². The highest BCUT2D eigenvalue weighted by molar-refractivity contribution is 5.77. The molecule has 0 amide bonds. The molecule has 0 heterocycles. The number of carbonyl (C=O) groups excluding carboxylic acids is 1. The number of carbonyl (C=O) groups is 1. The second-order valence-electron chi connectivity index (χ2n) is 5.31. The number of hydrogen-bond acceptors (Lipinski definition) is 2. The summed E-state index contributed by atoms with van der Waals surface area (Å²) in [6.07, 6.45) is -13.5. The van der Waals surface area contributed by atoms with Gasteiger partial charge in [0.2, 0.25) is 0 Å². The van der Waals surface area contributed by atoms with Crippen LogP contribution in [0.25, 0.3) is 0 Å². The smallest absolute Gasteiger partial charge is 0.434 e. The highest BCUT2D eigenvalue weighted by atomic mass is 19.4. The van der Waals surface area contributed by atoms with Crippen molar-refractivity contribution >= 4 is 5.97 Å². The average Bonchev–Trinajstić information content (AvgIpc) is 3.06. The third-order valence-electron chi connectivity index (χ3n) is 3.53. The molecule has 0 saturated heterocycles. The van der Waals surface area contributed by atoms with Crippen molar-refractivity contribution in [2.45, 2.75) is 58.0 Å². The van der Waals surface area contributed by atoms with Crippen molar-refractivity contribution in [1.29, 1.82) is 0 Å². The quantitative estimate of drug-likeness (QED) is 0.561. The largest absolute Gasteiger partial charge is 0.442 e. The van der Waals surface area contributed by atoms with Gasteiger partial charge in [-0.15, -0.1) is 0 Å². The Balaban J connectivity index is 2.90. The lowest BCUT2D eigenvalue weighted by molar-refractivity contribution is -0.315. The third kappa shape index (κ3) is 3.79. The zero-order chi connectivity index (χ0) is 15.8. The lowest BCUT2D eigenvalue weighted by Gasteiger charge is -2.31. The predicted molar refractivity (Wildman–Crippen MR) is 57.7 cm³/mol. The summed E-state index contributed by atoms with van der Waals surface area (Å²) in [6, 6.07) is 0. The minimum Gasteiger partial charge on any atom is -0.442 e. The molecule has 0 radical (unpaired) electrons. The highest BCUT2D eigenvalue weighted by Crippen LogP contribution is 2.50. The van der Waals surface area contributed by atoms with Crippen LogP contribution in [0.15, 0.2) is 0 Å². The van der Waals surface area contributed by atoms with Crippen LogP contribution in [0.3, 0.4) is 0 Å². The van der Waals surface area contributed by atoms with E-state index >= 15 is 0 Å². The first-order valence-electron chi connectivity index (χ1n) is 6.27. The van der Waals surface area contributed by atoms with Crippen molar-refractivity contribution < 1.29 is 35.9 Å². The van der Waals surface area contributed by atoms with Crippen LogP contribution in [-0.4, -0.2) is 24.4 Å². The van der Waals surface area contributed by atoms with Crippen LogP contribution < -0.4 is 0 Å². The van der Waals surface area contributed by atoms with Gasteiger partial charge in [-0.2, -0.15) is 26.3 Å². The van der Waals surface area contributed by atoms with Crippen LogP contribution in [0.2, 0.25) is 0 Å². The fourth-order valence-corrected chi connectivity index (χ4v) is 2.27. The number of hydrogen-bond donors (Lipinski definition) is 0. The van der Waals surface area contributed by atoms with Crippen LogP contribution in [0, 0.1) is 11.3 Å². The first kappa shape index (κ1) is 17.1. The maximum atomic E-state index is 12.4. The van der Waals surface area contributed by atoms with Gasteiger partial charge < -0.3 is 4.74 Å². The minimum absolute atomic E-state index is 0.197. The normalized spacial score (nSPS) is 19.9. The van der Waals surface area contributed by atoms with E-state index in [2.05, 4.69) is 4.74 Å². The van der Waals surface area contributed by atoms with Crippen LogP contribution in [-0.2, 0) is 9.53 Å². The molecule has 118 valence electrons. The molecular weight excluding hydrogens is 290 g/mol. The van der Waals surface area contributed by atoms with Gasteiger partial charge >= 0.3 is 18.3 Å². The molecule has 1 rings (SSSR count). The molecule has 0 bridgehead atoms. The number of ether oxygens (including phenoxy) is 1. The van der Waals surface area contributed by atoms with Gasteiger partial charge in [-0.1, -0.05) is 13.3 Å². The molecule has 0 aromatic rings. The Morgan fingerprint density at radius 3 is 1.90 bits per heavy atom. The second kappa shape index (κ2) is 5.44. The van der Waals surface area contributed by atoms with E-state index in [1.54, 1.807) is 6.92 Å². The molecule has 0 aromatic carbocycles. The standard InChI is InChI=1S/C12H16F6O2/c1-3-6-10(2,7-4-5-7)9(19)20-8(11(13,14)15)12(16,17)18/h7-8H,3-6H2,1-2H3. The molecule has 1 fully saturated rings. The first-order chi connectivity index (χ1) is 8.93. The van der Waals surface area contributed by atoms with E-state index in [1.165, 1.54) is 6.92 Å². The molecule has 0 N–H and O–H groups in total. The molecule has 1 aliphatic rings. The minimum atomic E-state index is -5.66. The lowest BCUT2D eigenvalue weighted by atomic mass is 9.80. The molecule has 1 atom stereocenters. The molecular formula is C12H16F6O2. The van der Waals surface area contributed by atoms with Gasteiger partial charge in [0, 0.05) is 0 Å². The van der Waals surface area contributed by atoms with E-state index in [-0.39, 0.29) is 12.3 Å². The number of alkyl halides is 6. The van der Waals surface area contributed by atoms with Gasteiger partial charge in [0.25, 0.3) is 6.10 Å². The Labute approximate surface area is 112 Å². The van der Waals surface area contributed by atoms with Gasteiger partial charge in [0.05, 0.1) is 5.41 Å². The molecule has 20 heavy (non-hydrogen) atoms. The van der Waals surface area contributed by atoms with Gasteiger partial charge in [-0.3, -0.25) is 4.79 Å². The molecule has 1 unspecified atom stereocenters. The molecule has 8 heteroatoms. The van der Waals surface area contributed by atoms with E-state index in [1.807, 2.05) is 0 Å². The average molecular weight is 306 g/mol. The third-order valence-corrected chi connectivity index (χ3v) is 3.53. The second-order valence-corrected chi connectivity index (χ2v) is 5.31. The zero-order valence-corrected chi connectivity index (χ0v) is 11.1. The van der Waals surface area contributed by atoms with E-state index < -0.39 is 29.8 Å². The Bertz CT molecular complexity index is 344. The molecule has 0 spiro atoms. The lowest BCUT2D eigenvalue weighted by Crippen LogP contribution is -2.48. The maximum absolute atomic E-state index is 12.4. The van der Waals surface area contributed by atoms with E-state index in [0.717, 1.165) is 0 Å². The van der Waals surface area contributed by atoms with Crippen LogP contribution in [0.4, 0.5) is 26.3 Å². The Morgan fingerprint density at radius 1 is 1.15 bits per heavy atom. The topological polar surface area (TPSA) is 26.3 Å². The highest BCUT2D eigenvalue weighted by Gasteiger charge is 2.61. The number of halogens is 6. The molecule has 0 aromatic heterocycles. The summed E-state index contributed by atoms with van der Waals surface area (Å²) in [5, 5.41) is 0. The van der Waals surface area contributed by atoms with Crippen molar-refractivity contribution in [1.82, 2.24) is 0 Å². The predicted octanol–water partition coefficient (Wildman–Crippen LogP) is 4.24. The van der Waals surface area contributed by atoms with Crippen LogP contribution in [0.1, 0.15) is 39.5 Å². The summed E-state index contributed by atoms with van der Waals surface area (Å²) >= 11 is 0. The van der Waals surface area contributed by atoms with E-state index in [9.17, 15) is 31.1 Å². The summed E-state index contributed by atoms with van der Waals surface area (Å²) < 4.78 is 78.0. The van der Waals surface area contributed by atoms with Crippen molar-refractivity contribution in [3.8, 4) is 0 Å². The zero-order valence-electron chi connectivity index (χ0n) is 11.1. The molecule has 1 aliphatic carbocycles. The van der Waals surface area contributed by atoms with E-state index in [0.29, 0.717) is 19.3 Å². The first-order valence-corrected chi connectivity index (χ1v) is 6.27. The molecule has 0 aliphatic heterocycles. The fourth-order valence-electron chi connectivity index (χ4n) is 2.27. The summed E-state index contributed by atoms with van der Waals surface area (Å²) in [5.41, 5.74) is -1.27. The Kier molecular flexibility index (Phi) is 4.65. The van der Waals surface area contributed by atoms with Crippen molar-refractivity contribution in [2.24, 2.45) is 11.3 Å². The summed E-state index contributed by atoms with van der Waals surface area (Å²) in [7, 11) is 0. The van der Waals surface area contributed by atoms with Gasteiger partial charge in [0.1, 0.15) is 0 Å². The Morgan fingerprint density at radius 2 is 1.60 bits per heavy atom. The monoisotopic (exact) mass is 306 g/mol. The molecule has 1 saturated carbocycles. The van der Waals surface area contributed by atoms with Crippen molar-refractivity contribution in [2.75, 3.05) is 0 Å². The van der Waals surface area contributed by atoms with E-state index in [4.69, 9.17) is 0 Å². The van der Waals surface area contributed by atoms with Gasteiger partial charge in [-0.05, 0) is 32.1 Å². The number of rotatable bonds is 5. The summed E-state index contributed by atoms with van der Waals surface area (Å²) in [5.74, 6) is -1.61. The fraction of sp³-hybridized carbons (Fsp3) is 0.917.